The summed E-state index contributed by atoms with van der Waals surface area (Å²) in [5.41, 5.74) is 0.0927. The van der Waals surface area contributed by atoms with Crippen molar-refractivity contribution in [1.82, 2.24) is 20.1 Å². The molecule has 2 heterocycles. The van der Waals surface area contributed by atoms with E-state index in [2.05, 4.69) is 29.2 Å². The van der Waals surface area contributed by atoms with Crippen LogP contribution in [0.4, 0.5) is 13.2 Å². The van der Waals surface area contributed by atoms with Crippen LogP contribution in [0.5, 0.6) is 0 Å². The maximum Gasteiger partial charge on any atom is 0.417 e. The number of aromatic nitrogens is 3. The van der Waals surface area contributed by atoms with Crippen molar-refractivity contribution < 1.29 is 18.0 Å². The Morgan fingerprint density at radius 1 is 1.26 bits per heavy atom. The first kappa shape index (κ1) is 20.9. The van der Waals surface area contributed by atoms with Crippen molar-refractivity contribution in [2.24, 2.45) is 5.92 Å². The first-order valence-corrected chi connectivity index (χ1v) is 9.14. The Labute approximate surface area is 157 Å². The van der Waals surface area contributed by atoms with E-state index >= 15 is 0 Å². The molecule has 1 unspecified atom stereocenters. The molecule has 0 bridgehead atoms. The van der Waals surface area contributed by atoms with E-state index in [0.717, 1.165) is 37.9 Å². The molecular weight excluding hydrogens is 357 g/mol. The molecule has 1 amide bonds. The van der Waals surface area contributed by atoms with E-state index in [1.807, 2.05) is 0 Å². The van der Waals surface area contributed by atoms with Gasteiger partial charge in [0.25, 0.3) is 5.91 Å². The number of rotatable bonds is 8. The molecule has 1 N–H and O–H groups in total. The number of carbonyl (C=O) groups is 1. The van der Waals surface area contributed by atoms with Crippen LogP contribution >= 0.6 is 0 Å². The van der Waals surface area contributed by atoms with Gasteiger partial charge < -0.3 is 5.32 Å². The third-order valence-corrected chi connectivity index (χ3v) is 4.64. The van der Waals surface area contributed by atoms with Crippen LogP contribution in [-0.4, -0.2) is 27.2 Å². The predicted octanol–water partition coefficient (Wildman–Crippen LogP) is 4.54. The van der Waals surface area contributed by atoms with Crippen molar-refractivity contribution in [1.29, 1.82) is 0 Å². The van der Waals surface area contributed by atoms with Crippen LogP contribution in [-0.2, 0) is 6.18 Å². The van der Waals surface area contributed by atoms with Gasteiger partial charge in [0.15, 0.2) is 5.82 Å². The largest absolute Gasteiger partial charge is 0.417 e. The Kier molecular flexibility index (Phi) is 6.98. The summed E-state index contributed by atoms with van der Waals surface area (Å²) in [6, 6.07) is 2.19. The number of nitrogens with one attached hydrogen (secondary N) is 1. The number of pyridine rings is 1. The molecule has 0 saturated heterocycles. The molecule has 2 aromatic heterocycles. The van der Waals surface area contributed by atoms with E-state index in [1.165, 1.54) is 16.9 Å². The fraction of sp³-hybridized carbons (Fsp3) is 0.526. The normalized spacial score (nSPS) is 12.8. The molecule has 8 heteroatoms. The predicted molar refractivity (Wildman–Crippen MR) is 96.7 cm³/mol. The van der Waals surface area contributed by atoms with Gasteiger partial charge in [-0.25, -0.2) is 9.67 Å². The Morgan fingerprint density at radius 2 is 2.00 bits per heavy atom. The van der Waals surface area contributed by atoms with Gasteiger partial charge in [0, 0.05) is 12.7 Å². The highest BCUT2D eigenvalue weighted by Crippen LogP contribution is 2.28. The second kappa shape index (κ2) is 9.01. The van der Waals surface area contributed by atoms with Crippen molar-refractivity contribution in [3.8, 4) is 5.82 Å². The molecule has 148 valence electrons. The van der Waals surface area contributed by atoms with Gasteiger partial charge in [-0.3, -0.25) is 4.79 Å². The lowest BCUT2D eigenvalue weighted by Crippen LogP contribution is -2.29. The van der Waals surface area contributed by atoms with Crippen LogP contribution in [0, 0.1) is 12.8 Å². The van der Waals surface area contributed by atoms with E-state index in [0.29, 0.717) is 23.7 Å². The van der Waals surface area contributed by atoms with Gasteiger partial charge in [0.2, 0.25) is 0 Å². The Balaban J connectivity index is 2.09. The average Bonchev–Trinajstić information content (AvgIpc) is 3.02. The minimum absolute atomic E-state index is 0.230. The second-order valence-electron chi connectivity index (χ2n) is 6.58. The fourth-order valence-corrected chi connectivity index (χ4v) is 2.82. The summed E-state index contributed by atoms with van der Waals surface area (Å²) in [5.74, 6) is 0.426. The molecule has 27 heavy (non-hydrogen) atoms. The van der Waals surface area contributed by atoms with Crippen LogP contribution in [0.15, 0.2) is 24.5 Å². The van der Waals surface area contributed by atoms with Crippen molar-refractivity contribution >= 4 is 5.91 Å². The maximum absolute atomic E-state index is 12.7. The number of nitrogens with zero attached hydrogens (tertiary/aromatic N) is 3. The molecule has 2 aromatic rings. The number of unbranched alkanes of at least 4 members (excludes halogenated alkanes) is 1. The van der Waals surface area contributed by atoms with E-state index < -0.39 is 11.7 Å². The van der Waals surface area contributed by atoms with E-state index in [-0.39, 0.29) is 11.7 Å². The van der Waals surface area contributed by atoms with Gasteiger partial charge >= 0.3 is 6.18 Å². The number of hydrogen-bond donors (Lipinski definition) is 1. The maximum atomic E-state index is 12.7. The van der Waals surface area contributed by atoms with Crippen LogP contribution < -0.4 is 5.32 Å². The Hall–Kier alpha value is -2.38. The highest BCUT2D eigenvalue weighted by atomic mass is 19.4. The number of hydrogen-bond acceptors (Lipinski definition) is 3. The van der Waals surface area contributed by atoms with Crippen LogP contribution in [0.25, 0.3) is 5.82 Å². The molecule has 0 fully saturated rings. The van der Waals surface area contributed by atoms with Crippen molar-refractivity contribution in [2.75, 3.05) is 6.54 Å². The van der Waals surface area contributed by atoms with Gasteiger partial charge in [-0.15, -0.1) is 0 Å². The minimum Gasteiger partial charge on any atom is -0.352 e. The topological polar surface area (TPSA) is 59.8 Å². The number of alkyl halides is 3. The molecule has 1 atom stereocenters. The third-order valence-electron chi connectivity index (χ3n) is 4.64. The van der Waals surface area contributed by atoms with Crippen molar-refractivity contribution in [2.45, 2.75) is 52.6 Å². The summed E-state index contributed by atoms with van der Waals surface area (Å²) in [5, 5.41) is 7.04. The van der Waals surface area contributed by atoms with Crippen LogP contribution in [0.2, 0.25) is 0 Å². The Bertz CT molecular complexity index is 753. The minimum atomic E-state index is -4.44. The average molecular weight is 382 g/mol. The summed E-state index contributed by atoms with van der Waals surface area (Å²) >= 11 is 0. The van der Waals surface area contributed by atoms with Crippen molar-refractivity contribution in [3.63, 3.8) is 0 Å². The first-order chi connectivity index (χ1) is 12.8. The zero-order chi connectivity index (χ0) is 20.0. The first-order valence-electron chi connectivity index (χ1n) is 9.14. The van der Waals surface area contributed by atoms with E-state index in [9.17, 15) is 18.0 Å². The molecule has 0 aliphatic rings. The van der Waals surface area contributed by atoms with Crippen LogP contribution in [0.1, 0.15) is 61.1 Å². The third kappa shape index (κ3) is 5.30. The van der Waals surface area contributed by atoms with Crippen LogP contribution in [0.3, 0.4) is 0 Å². The van der Waals surface area contributed by atoms with Gasteiger partial charge in [0.05, 0.1) is 23.0 Å². The fourth-order valence-electron chi connectivity index (χ4n) is 2.82. The molecule has 0 spiro atoms. The SMILES string of the molecule is CCCCC(CC)CNC(=O)c1cnn(-c2ccc(C(F)(F)F)cn2)c1C. The molecule has 0 radical (unpaired) electrons. The Morgan fingerprint density at radius 3 is 2.56 bits per heavy atom. The highest BCUT2D eigenvalue weighted by Gasteiger charge is 2.30. The molecule has 2 rings (SSSR count). The lowest BCUT2D eigenvalue weighted by atomic mass is 9.99. The lowest BCUT2D eigenvalue weighted by Gasteiger charge is -2.15. The zero-order valence-corrected chi connectivity index (χ0v) is 15.8. The van der Waals surface area contributed by atoms with Gasteiger partial charge in [0.1, 0.15) is 0 Å². The smallest absolute Gasteiger partial charge is 0.352 e. The van der Waals surface area contributed by atoms with Crippen molar-refractivity contribution in [3.05, 3.63) is 41.3 Å². The number of carbonyl (C=O) groups excluding carboxylic acids is 1. The molecular formula is C19H25F3N4O. The lowest BCUT2D eigenvalue weighted by molar-refractivity contribution is -0.137. The molecule has 0 aromatic carbocycles. The van der Waals surface area contributed by atoms with E-state index in [1.54, 1.807) is 6.92 Å². The second-order valence-corrected chi connectivity index (χ2v) is 6.58. The quantitative estimate of drug-likeness (QED) is 0.729. The summed E-state index contributed by atoms with van der Waals surface area (Å²) in [6.07, 6.45) is 2.05. The molecule has 0 saturated carbocycles. The van der Waals surface area contributed by atoms with Gasteiger partial charge in [-0.2, -0.15) is 18.3 Å². The molecule has 0 aliphatic carbocycles. The van der Waals surface area contributed by atoms with Gasteiger partial charge in [-0.05, 0) is 31.4 Å². The van der Waals surface area contributed by atoms with Gasteiger partial charge in [-0.1, -0.05) is 33.1 Å². The summed E-state index contributed by atoms with van der Waals surface area (Å²) in [6.45, 7) is 6.53. The molecule has 0 aliphatic heterocycles. The summed E-state index contributed by atoms with van der Waals surface area (Å²) in [4.78, 5) is 16.3. The van der Waals surface area contributed by atoms with E-state index in [4.69, 9.17) is 0 Å². The monoisotopic (exact) mass is 382 g/mol. The molecule has 5 nitrogen and oxygen atoms in total. The number of amides is 1. The standard InChI is InChI=1S/C19H25F3N4O/c1-4-6-7-14(5-2)10-24-18(27)16-12-25-26(13(16)3)17-9-8-15(11-23-17)19(20,21)22/h8-9,11-12,14H,4-7,10H2,1-3H3,(H,24,27). The zero-order valence-electron chi connectivity index (χ0n) is 15.8. The highest BCUT2D eigenvalue weighted by molar-refractivity contribution is 5.95. The number of halogens is 3. The summed E-state index contributed by atoms with van der Waals surface area (Å²) < 4.78 is 39.3. The summed E-state index contributed by atoms with van der Waals surface area (Å²) in [7, 11) is 0.